The molecule has 0 saturated carbocycles. The average Bonchev–Trinajstić information content (AvgIpc) is 3.00. The minimum absolute atomic E-state index is 0.401. The van der Waals surface area contributed by atoms with Gasteiger partial charge in [0.05, 0.1) is 19.8 Å². The topological polar surface area (TPSA) is 52.8 Å². The quantitative estimate of drug-likeness (QED) is 0.693. The van der Waals surface area contributed by atoms with E-state index in [1.165, 1.54) is 7.11 Å². The van der Waals surface area contributed by atoms with E-state index in [0.717, 1.165) is 11.1 Å². The summed E-state index contributed by atoms with van der Waals surface area (Å²) in [6, 6.07) is 9.26. The number of nitrogens with zero attached hydrogens (tertiary/aromatic N) is 2. The average molecular weight is 282 g/mol. The lowest BCUT2D eigenvalue weighted by molar-refractivity contribution is 0.0601. The highest BCUT2D eigenvalue weighted by atomic mass is 16.5. The van der Waals surface area contributed by atoms with E-state index in [1.807, 2.05) is 41.1 Å². The van der Waals surface area contributed by atoms with E-state index >= 15 is 0 Å². The van der Waals surface area contributed by atoms with E-state index in [-0.39, 0.29) is 0 Å². The number of ether oxygens (including phenoxy) is 2. The minimum atomic E-state index is -0.401. The van der Waals surface area contributed by atoms with Crippen molar-refractivity contribution in [2.75, 3.05) is 14.2 Å². The Morgan fingerprint density at radius 3 is 2.76 bits per heavy atom. The highest BCUT2D eigenvalue weighted by Gasteiger charge is 2.17. The molecule has 106 valence electrons. The third kappa shape index (κ3) is 2.23. The molecule has 0 radical (unpaired) electrons. The van der Waals surface area contributed by atoms with Gasteiger partial charge in [-0.25, -0.2) is 9.78 Å². The summed E-state index contributed by atoms with van der Waals surface area (Å²) in [4.78, 5) is 16.3. The number of imidazole rings is 1. The van der Waals surface area contributed by atoms with Crippen molar-refractivity contribution in [2.45, 2.75) is 0 Å². The largest absolute Gasteiger partial charge is 0.496 e. The zero-order valence-corrected chi connectivity index (χ0v) is 11.7. The number of rotatable bonds is 3. The Morgan fingerprint density at radius 1 is 1.19 bits per heavy atom. The van der Waals surface area contributed by atoms with Crippen LogP contribution in [0.15, 0.2) is 48.9 Å². The second-order valence-electron chi connectivity index (χ2n) is 4.49. The molecule has 3 rings (SSSR count). The SMILES string of the molecule is COC(=O)c1cc2nccn2cc1-c1ccccc1OC. The molecule has 0 saturated heterocycles. The summed E-state index contributed by atoms with van der Waals surface area (Å²) in [6.45, 7) is 0. The van der Waals surface area contributed by atoms with E-state index in [0.29, 0.717) is 17.0 Å². The van der Waals surface area contributed by atoms with Crippen molar-refractivity contribution in [1.82, 2.24) is 9.38 Å². The van der Waals surface area contributed by atoms with Crippen LogP contribution in [0.2, 0.25) is 0 Å². The summed E-state index contributed by atoms with van der Waals surface area (Å²) < 4.78 is 12.1. The molecule has 0 amide bonds. The van der Waals surface area contributed by atoms with E-state index in [9.17, 15) is 4.79 Å². The summed E-state index contributed by atoms with van der Waals surface area (Å²) in [7, 11) is 2.97. The zero-order chi connectivity index (χ0) is 14.8. The predicted octanol–water partition coefficient (Wildman–Crippen LogP) is 2.80. The van der Waals surface area contributed by atoms with Crippen LogP contribution in [0.1, 0.15) is 10.4 Å². The van der Waals surface area contributed by atoms with Crippen LogP contribution in [-0.2, 0) is 4.74 Å². The van der Waals surface area contributed by atoms with Crippen LogP contribution in [0, 0.1) is 0 Å². The Balaban J connectivity index is 2.31. The normalized spacial score (nSPS) is 10.6. The predicted molar refractivity (Wildman–Crippen MR) is 78.5 cm³/mol. The molecule has 2 aromatic heterocycles. The van der Waals surface area contributed by atoms with Crippen molar-refractivity contribution in [2.24, 2.45) is 0 Å². The first-order valence-corrected chi connectivity index (χ1v) is 6.43. The van der Waals surface area contributed by atoms with Gasteiger partial charge in [-0.3, -0.25) is 0 Å². The Bertz CT molecular complexity index is 808. The van der Waals surface area contributed by atoms with Crippen LogP contribution in [0.3, 0.4) is 0 Å². The number of fused-ring (bicyclic) bond motifs is 1. The summed E-state index contributed by atoms with van der Waals surface area (Å²) in [6.07, 6.45) is 5.37. The first-order valence-electron chi connectivity index (χ1n) is 6.43. The van der Waals surface area contributed by atoms with Crippen molar-refractivity contribution in [3.63, 3.8) is 0 Å². The number of para-hydroxylation sites is 1. The maximum atomic E-state index is 12.1. The van der Waals surface area contributed by atoms with Crippen LogP contribution in [-0.4, -0.2) is 29.6 Å². The zero-order valence-electron chi connectivity index (χ0n) is 11.7. The third-order valence-electron chi connectivity index (χ3n) is 3.33. The van der Waals surface area contributed by atoms with E-state index in [2.05, 4.69) is 4.98 Å². The number of esters is 1. The van der Waals surface area contributed by atoms with Crippen LogP contribution < -0.4 is 4.74 Å². The lowest BCUT2D eigenvalue weighted by atomic mass is 10.0. The van der Waals surface area contributed by atoms with Gasteiger partial charge in [0, 0.05) is 29.7 Å². The molecule has 3 aromatic rings. The lowest BCUT2D eigenvalue weighted by Gasteiger charge is -2.12. The standard InChI is InChI=1S/C16H14N2O3/c1-20-14-6-4-3-5-11(14)13-10-18-8-7-17-15(18)9-12(13)16(19)21-2/h3-10H,1-2H3. The summed E-state index contributed by atoms with van der Waals surface area (Å²) >= 11 is 0. The maximum absolute atomic E-state index is 12.1. The van der Waals surface area contributed by atoms with Crippen LogP contribution >= 0.6 is 0 Å². The smallest absolute Gasteiger partial charge is 0.338 e. The molecule has 0 fully saturated rings. The van der Waals surface area contributed by atoms with Gasteiger partial charge < -0.3 is 13.9 Å². The number of aromatic nitrogens is 2. The summed E-state index contributed by atoms with van der Waals surface area (Å²) in [5.74, 6) is 0.295. The number of pyridine rings is 1. The molecule has 0 aliphatic rings. The first kappa shape index (κ1) is 13.2. The monoisotopic (exact) mass is 282 g/mol. The van der Waals surface area contributed by atoms with Crippen molar-refractivity contribution >= 4 is 11.6 Å². The molecule has 1 aromatic carbocycles. The molecule has 0 N–H and O–H groups in total. The molecule has 0 aliphatic heterocycles. The van der Waals surface area contributed by atoms with Gasteiger partial charge in [0.2, 0.25) is 0 Å². The molecule has 0 aliphatic carbocycles. The van der Waals surface area contributed by atoms with Gasteiger partial charge in [-0.1, -0.05) is 18.2 Å². The van der Waals surface area contributed by atoms with Gasteiger partial charge in [0.25, 0.3) is 0 Å². The number of hydrogen-bond donors (Lipinski definition) is 0. The Labute approximate surface area is 121 Å². The molecular weight excluding hydrogens is 268 g/mol. The minimum Gasteiger partial charge on any atom is -0.496 e. The lowest BCUT2D eigenvalue weighted by Crippen LogP contribution is -2.05. The van der Waals surface area contributed by atoms with Gasteiger partial charge in [-0.05, 0) is 12.1 Å². The second kappa shape index (κ2) is 5.28. The molecule has 2 heterocycles. The Kier molecular flexibility index (Phi) is 3.31. The summed E-state index contributed by atoms with van der Waals surface area (Å²) in [5, 5.41) is 0. The van der Waals surface area contributed by atoms with Gasteiger partial charge in [-0.15, -0.1) is 0 Å². The Hall–Kier alpha value is -2.82. The van der Waals surface area contributed by atoms with Crippen LogP contribution in [0.25, 0.3) is 16.8 Å². The fourth-order valence-electron chi connectivity index (χ4n) is 2.32. The van der Waals surface area contributed by atoms with E-state index in [1.54, 1.807) is 19.4 Å². The highest BCUT2D eigenvalue weighted by Crippen LogP contribution is 2.32. The number of hydrogen-bond acceptors (Lipinski definition) is 4. The number of benzene rings is 1. The molecule has 21 heavy (non-hydrogen) atoms. The fourth-order valence-corrected chi connectivity index (χ4v) is 2.32. The van der Waals surface area contributed by atoms with E-state index in [4.69, 9.17) is 9.47 Å². The summed E-state index contributed by atoms with van der Waals surface area (Å²) in [5.41, 5.74) is 2.72. The van der Waals surface area contributed by atoms with Crippen molar-refractivity contribution in [1.29, 1.82) is 0 Å². The first-order chi connectivity index (χ1) is 10.2. The van der Waals surface area contributed by atoms with Gasteiger partial charge >= 0.3 is 5.97 Å². The third-order valence-corrected chi connectivity index (χ3v) is 3.33. The van der Waals surface area contributed by atoms with Gasteiger partial charge in [0.15, 0.2) is 0 Å². The number of carbonyl (C=O) groups is 1. The Morgan fingerprint density at radius 2 is 2.00 bits per heavy atom. The molecule has 0 unspecified atom stereocenters. The van der Waals surface area contributed by atoms with Crippen molar-refractivity contribution in [3.8, 4) is 16.9 Å². The van der Waals surface area contributed by atoms with Crippen LogP contribution in [0.5, 0.6) is 5.75 Å². The number of carbonyl (C=O) groups excluding carboxylic acids is 1. The fraction of sp³-hybridized carbons (Fsp3) is 0.125. The van der Waals surface area contributed by atoms with Gasteiger partial charge in [-0.2, -0.15) is 0 Å². The maximum Gasteiger partial charge on any atom is 0.338 e. The van der Waals surface area contributed by atoms with Crippen molar-refractivity contribution < 1.29 is 14.3 Å². The van der Waals surface area contributed by atoms with Crippen molar-refractivity contribution in [3.05, 3.63) is 54.5 Å². The number of methoxy groups -OCH3 is 2. The molecule has 5 heteroatoms. The van der Waals surface area contributed by atoms with E-state index < -0.39 is 5.97 Å². The molecule has 0 spiro atoms. The highest BCUT2D eigenvalue weighted by molar-refractivity contribution is 5.99. The van der Waals surface area contributed by atoms with Crippen LogP contribution in [0.4, 0.5) is 0 Å². The molecule has 5 nitrogen and oxygen atoms in total. The second-order valence-corrected chi connectivity index (χ2v) is 4.49. The molecular formula is C16H14N2O3. The van der Waals surface area contributed by atoms with Gasteiger partial charge in [0.1, 0.15) is 11.4 Å². The molecule has 0 atom stereocenters. The molecule has 0 bridgehead atoms.